The molecule has 1 saturated heterocycles. The van der Waals surface area contributed by atoms with E-state index in [0.717, 1.165) is 61.2 Å². The normalized spacial score (nSPS) is 15.4. The highest BCUT2D eigenvalue weighted by Gasteiger charge is 2.20. The van der Waals surface area contributed by atoms with Crippen molar-refractivity contribution in [3.63, 3.8) is 0 Å². The Morgan fingerprint density at radius 2 is 1.84 bits per heavy atom. The van der Waals surface area contributed by atoms with Gasteiger partial charge in [-0.05, 0) is 18.6 Å². The van der Waals surface area contributed by atoms with Crippen molar-refractivity contribution in [1.29, 1.82) is 5.26 Å². The first-order valence-electron chi connectivity index (χ1n) is 8.87. The highest BCUT2D eigenvalue weighted by Crippen LogP contribution is 2.20. The summed E-state index contributed by atoms with van der Waals surface area (Å²) in [5.74, 6) is 2.29. The lowest BCUT2D eigenvalue weighted by atomic mass is 10.1. The van der Waals surface area contributed by atoms with Gasteiger partial charge in [-0.3, -0.25) is 4.90 Å². The van der Waals surface area contributed by atoms with Gasteiger partial charge in [0.25, 0.3) is 0 Å². The topological polar surface area (TPSA) is 56.0 Å². The lowest BCUT2D eigenvalue weighted by Gasteiger charge is -2.35. The molecule has 25 heavy (non-hydrogen) atoms. The first-order valence-corrected chi connectivity index (χ1v) is 8.87. The van der Waals surface area contributed by atoms with Gasteiger partial charge in [-0.15, -0.1) is 0 Å². The van der Waals surface area contributed by atoms with Crippen LogP contribution < -0.4 is 4.90 Å². The highest BCUT2D eigenvalue weighted by atomic mass is 15.3. The summed E-state index contributed by atoms with van der Waals surface area (Å²) in [5.41, 5.74) is 2.91. The first-order chi connectivity index (χ1) is 12.1. The number of benzene rings is 1. The van der Waals surface area contributed by atoms with Gasteiger partial charge in [-0.25, -0.2) is 9.97 Å². The Labute approximate surface area is 149 Å². The molecule has 1 aliphatic heterocycles. The molecule has 5 heteroatoms. The third-order valence-corrected chi connectivity index (χ3v) is 4.60. The Morgan fingerprint density at radius 1 is 1.12 bits per heavy atom. The van der Waals surface area contributed by atoms with E-state index < -0.39 is 0 Å². The number of aryl methyl sites for hydroxylation is 1. The van der Waals surface area contributed by atoms with E-state index in [4.69, 9.17) is 4.98 Å². The fourth-order valence-electron chi connectivity index (χ4n) is 3.14. The number of anilines is 1. The summed E-state index contributed by atoms with van der Waals surface area (Å²) in [7, 11) is 0. The molecule has 1 aromatic carbocycles. The number of aromatic nitrogens is 2. The van der Waals surface area contributed by atoms with Gasteiger partial charge in [-0.1, -0.05) is 32.0 Å². The molecule has 0 saturated carbocycles. The molecule has 0 atom stereocenters. The molecule has 1 aromatic heterocycles. The minimum Gasteiger partial charge on any atom is -0.354 e. The van der Waals surface area contributed by atoms with E-state index >= 15 is 0 Å². The van der Waals surface area contributed by atoms with Gasteiger partial charge < -0.3 is 4.90 Å². The van der Waals surface area contributed by atoms with Gasteiger partial charge in [0, 0.05) is 50.4 Å². The van der Waals surface area contributed by atoms with E-state index in [1.54, 1.807) is 0 Å². The van der Waals surface area contributed by atoms with Crippen molar-refractivity contribution >= 4 is 5.82 Å². The number of rotatable bonds is 4. The Hall–Kier alpha value is -2.45. The van der Waals surface area contributed by atoms with Gasteiger partial charge >= 0.3 is 0 Å². The molecule has 2 heterocycles. The number of hydrogen-bond donors (Lipinski definition) is 0. The Morgan fingerprint density at radius 3 is 2.52 bits per heavy atom. The molecule has 0 bridgehead atoms. The van der Waals surface area contributed by atoms with Crippen LogP contribution in [0.2, 0.25) is 0 Å². The Balaban J connectivity index is 1.65. The molecule has 0 radical (unpaired) electrons. The van der Waals surface area contributed by atoms with E-state index in [0.29, 0.717) is 5.92 Å². The number of piperazine rings is 1. The molecule has 0 unspecified atom stereocenters. The predicted molar refractivity (Wildman–Crippen MR) is 99.5 cm³/mol. The summed E-state index contributed by atoms with van der Waals surface area (Å²) in [5, 5.41) is 9.24. The average Bonchev–Trinajstić information content (AvgIpc) is 2.62. The van der Waals surface area contributed by atoms with Crippen molar-refractivity contribution in [3.8, 4) is 6.07 Å². The quantitative estimate of drug-likeness (QED) is 0.859. The second kappa shape index (κ2) is 7.62. The molecule has 1 aliphatic rings. The predicted octanol–water partition coefficient (Wildman–Crippen LogP) is 3.10. The smallest absolute Gasteiger partial charge is 0.133 e. The van der Waals surface area contributed by atoms with Crippen molar-refractivity contribution < 1.29 is 0 Å². The molecule has 1 fully saturated rings. The van der Waals surface area contributed by atoms with Gasteiger partial charge in [0.15, 0.2) is 0 Å². The fourth-order valence-corrected chi connectivity index (χ4v) is 3.14. The summed E-state index contributed by atoms with van der Waals surface area (Å²) in [6.45, 7) is 11.0. The third kappa shape index (κ3) is 4.15. The molecule has 0 N–H and O–H groups in total. The minimum atomic E-state index is 0.336. The van der Waals surface area contributed by atoms with Crippen LogP contribution >= 0.6 is 0 Å². The maximum atomic E-state index is 9.24. The Kier molecular flexibility index (Phi) is 5.30. The SMILES string of the molecule is Cc1cc(N2CCN(Cc3ccccc3C#N)CC2)nc(C(C)C)n1. The zero-order valence-electron chi connectivity index (χ0n) is 15.2. The van der Waals surface area contributed by atoms with Crippen molar-refractivity contribution in [1.82, 2.24) is 14.9 Å². The molecule has 0 spiro atoms. The van der Waals surface area contributed by atoms with Crippen LogP contribution in [0.5, 0.6) is 0 Å². The average molecular weight is 335 g/mol. The molecule has 0 aliphatic carbocycles. The standard InChI is InChI=1S/C20H25N5/c1-15(2)20-22-16(3)12-19(23-20)25-10-8-24(9-11-25)14-18-7-5-4-6-17(18)13-21/h4-7,12,15H,8-11,14H2,1-3H3. The van der Waals surface area contributed by atoms with Crippen molar-refractivity contribution in [3.05, 3.63) is 53.0 Å². The van der Waals surface area contributed by atoms with Gasteiger partial charge in [0.1, 0.15) is 11.6 Å². The maximum Gasteiger partial charge on any atom is 0.133 e. The maximum absolute atomic E-state index is 9.24. The Bertz CT molecular complexity index is 770. The largest absolute Gasteiger partial charge is 0.354 e. The lowest BCUT2D eigenvalue weighted by Crippen LogP contribution is -2.46. The molecular weight excluding hydrogens is 310 g/mol. The monoisotopic (exact) mass is 335 g/mol. The molecule has 5 nitrogen and oxygen atoms in total. The molecule has 130 valence electrons. The van der Waals surface area contributed by atoms with Crippen LogP contribution in [-0.4, -0.2) is 41.0 Å². The number of nitriles is 1. The van der Waals surface area contributed by atoms with E-state index in [1.807, 2.05) is 31.2 Å². The minimum absolute atomic E-state index is 0.336. The first kappa shape index (κ1) is 17.4. The zero-order chi connectivity index (χ0) is 17.8. The molecule has 0 amide bonds. The number of nitrogens with zero attached hydrogens (tertiary/aromatic N) is 5. The van der Waals surface area contributed by atoms with E-state index in [2.05, 4.69) is 40.8 Å². The highest BCUT2D eigenvalue weighted by molar-refractivity contribution is 5.41. The van der Waals surface area contributed by atoms with Gasteiger partial charge in [0.05, 0.1) is 11.6 Å². The number of hydrogen-bond acceptors (Lipinski definition) is 5. The van der Waals surface area contributed by atoms with Crippen LogP contribution in [0, 0.1) is 18.3 Å². The van der Waals surface area contributed by atoms with Crippen molar-refractivity contribution in [2.75, 3.05) is 31.1 Å². The van der Waals surface area contributed by atoms with E-state index in [1.165, 1.54) is 0 Å². The summed E-state index contributed by atoms with van der Waals surface area (Å²) in [4.78, 5) is 14.0. The van der Waals surface area contributed by atoms with E-state index in [-0.39, 0.29) is 0 Å². The molecule has 2 aromatic rings. The van der Waals surface area contributed by atoms with Gasteiger partial charge in [0.2, 0.25) is 0 Å². The van der Waals surface area contributed by atoms with Crippen LogP contribution in [-0.2, 0) is 6.54 Å². The van der Waals surface area contributed by atoms with Crippen LogP contribution in [0.15, 0.2) is 30.3 Å². The van der Waals surface area contributed by atoms with Crippen LogP contribution in [0.1, 0.15) is 42.4 Å². The summed E-state index contributed by atoms with van der Waals surface area (Å²) in [6, 6.07) is 12.2. The van der Waals surface area contributed by atoms with E-state index in [9.17, 15) is 5.26 Å². The summed E-state index contributed by atoms with van der Waals surface area (Å²) in [6.07, 6.45) is 0. The summed E-state index contributed by atoms with van der Waals surface area (Å²) >= 11 is 0. The second-order valence-corrected chi connectivity index (χ2v) is 6.91. The zero-order valence-corrected chi connectivity index (χ0v) is 15.2. The van der Waals surface area contributed by atoms with Crippen LogP contribution in [0.4, 0.5) is 5.82 Å². The summed E-state index contributed by atoms with van der Waals surface area (Å²) < 4.78 is 0. The second-order valence-electron chi connectivity index (χ2n) is 6.91. The van der Waals surface area contributed by atoms with Gasteiger partial charge in [-0.2, -0.15) is 5.26 Å². The third-order valence-electron chi connectivity index (χ3n) is 4.60. The fraction of sp³-hybridized carbons (Fsp3) is 0.450. The van der Waals surface area contributed by atoms with Crippen LogP contribution in [0.25, 0.3) is 0 Å². The van der Waals surface area contributed by atoms with Crippen molar-refractivity contribution in [2.45, 2.75) is 33.2 Å². The lowest BCUT2D eigenvalue weighted by molar-refractivity contribution is 0.249. The van der Waals surface area contributed by atoms with Crippen molar-refractivity contribution in [2.24, 2.45) is 0 Å². The molecule has 3 rings (SSSR count). The molecular formula is C20H25N5. The van der Waals surface area contributed by atoms with Crippen LogP contribution in [0.3, 0.4) is 0 Å².